The van der Waals surface area contributed by atoms with Gasteiger partial charge in [0.05, 0.1) is 4.90 Å². The summed E-state index contributed by atoms with van der Waals surface area (Å²) in [6, 6.07) is 5.50. The molecular formula is C11H14ClNO3S. The second-order valence-corrected chi connectivity index (χ2v) is 6.63. The van der Waals surface area contributed by atoms with Crippen LogP contribution in [0.2, 0.25) is 0 Å². The number of carbonyl (C=O) groups excluding carboxylic acids is 1. The van der Waals surface area contributed by atoms with E-state index < -0.39 is 9.05 Å². The third-order valence-electron chi connectivity index (χ3n) is 2.07. The first-order valence-corrected chi connectivity index (χ1v) is 7.44. The van der Waals surface area contributed by atoms with Crippen molar-refractivity contribution in [1.29, 1.82) is 0 Å². The molecule has 0 aliphatic rings. The average Bonchev–Trinajstić information content (AvgIpc) is 2.25. The smallest absolute Gasteiger partial charge is 0.261 e. The second kappa shape index (κ2) is 5.51. The molecule has 0 bridgehead atoms. The summed E-state index contributed by atoms with van der Waals surface area (Å²) in [5.41, 5.74) is 0.412. The Kier molecular flexibility index (Phi) is 4.54. The average molecular weight is 276 g/mol. The third-order valence-corrected chi connectivity index (χ3v) is 3.44. The minimum atomic E-state index is -3.73. The van der Waals surface area contributed by atoms with Gasteiger partial charge in [-0.05, 0) is 30.2 Å². The topological polar surface area (TPSA) is 63.2 Å². The van der Waals surface area contributed by atoms with Gasteiger partial charge >= 0.3 is 0 Å². The zero-order chi connectivity index (χ0) is 13.1. The number of amides is 1. The van der Waals surface area contributed by atoms with E-state index in [4.69, 9.17) is 10.7 Å². The highest BCUT2D eigenvalue weighted by Gasteiger charge is 2.11. The van der Waals surface area contributed by atoms with Gasteiger partial charge in [0, 0.05) is 22.8 Å². The summed E-state index contributed by atoms with van der Waals surface area (Å²) >= 11 is 0. The lowest BCUT2D eigenvalue weighted by molar-refractivity contribution is 0.0949. The Morgan fingerprint density at radius 2 is 1.82 bits per heavy atom. The monoisotopic (exact) mass is 275 g/mol. The van der Waals surface area contributed by atoms with Gasteiger partial charge in [0.15, 0.2) is 0 Å². The molecule has 0 spiro atoms. The maximum absolute atomic E-state index is 11.6. The Balaban J connectivity index is 2.78. The van der Waals surface area contributed by atoms with Crippen molar-refractivity contribution in [2.45, 2.75) is 18.7 Å². The van der Waals surface area contributed by atoms with Gasteiger partial charge in [-0.1, -0.05) is 13.8 Å². The molecular weight excluding hydrogens is 262 g/mol. The SMILES string of the molecule is CC(C)CNC(=O)c1ccc(S(=O)(=O)Cl)cc1. The van der Waals surface area contributed by atoms with E-state index in [9.17, 15) is 13.2 Å². The van der Waals surface area contributed by atoms with Crippen LogP contribution in [0.4, 0.5) is 0 Å². The normalized spacial score (nSPS) is 11.5. The van der Waals surface area contributed by atoms with Gasteiger partial charge in [-0.3, -0.25) is 4.79 Å². The molecule has 1 aromatic rings. The highest BCUT2D eigenvalue weighted by Crippen LogP contribution is 2.15. The van der Waals surface area contributed by atoms with Gasteiger partial charge in [0.2, 0.25) is 0 Å². The second-order valence-electron chi connectivity index (χ2n) is 4.07. The van der Waals surface area contributed by atoms with E-state index in [2.05, 4.69) is 5.32 Å². The predicted octanol–water partition coefficient (Wildman–Crippen LogP) is 2.00. The molecule has 1 aromatic carbocycles. The summed E-state index contributed by atoms with van der Waals surface area (Å²) in [5.74, 6) is 0.138. The minimum Gasteiger partial charge on any atom is -0.352 e. The molecule has 0 heterocycles. The van der Waals surface area contributed by atoms with Gasteiger partial charge in [-0.2, -0.15) is 0 Å². The summed E-state index contributed by atoms with van der Waals surface area (Å²) < 4.78 is 22.0. The van der Waals surface area contributed by atoms with Crippen LogP contribution < -0.4 is 5.32 Å². The van der Waals surface area contributed by atoms with E-state index in [1.54, 1.807) is 0 Å². The van der Waals surface area contributed by atoms with Crippen molar-refractivity contribution >= 4 is 25.6 Å². The maximum atomic E-state index is 11.6. The van der Waals surface area contributed by atoms with Crippen molar-refractivity contribution in [3.05, 3.63) is 29.8 Å². The molecule has 0 fully saturated rings. The first-order chi connectivity index (χ1) is 7.80. The van der Waals surface area contributed by atoms with Crippen molar-refractivity contribution in [3.8, 4) is 0 Å². The van der Waals surface area contributed by atoms with Gasteiger partial charge in [0.25, 0.3) is 15.0 Å². The molecule has 0 aromatic heterocycles. The molecule has 0 atom stereocenters. The van der Waals surface area contributed by atoms with Crippen LogP contribution in [0.3, 0.4) is 0 Å². The standard InChI is InChI=1S/C11H14ClNO3S/c1-8(2)7-13-11(14)9-3-5-10(6-4-9)17(12,15)16/h3-6,8H,7H2,1-2H3,(H,13,14). The summed E-state index contributed by atoms with van der Waals surface area (Å²) in [6.07, 6.45) is 0. The number of hydrogen-bond acceptors (Lipinski definition) is 3. The van der Waals surface area contributed by atoms with Gasteiger partial charge in [-0.15, -0.1) is 0 Å². The van der Waals surface area contributed by atoms with Gasteiger partial charge in [-0.25, -0.2) is 8.42 Å². The van der Waals surface area contributed by atoms with Crippen molar-refractivity contribution in [2.24, 2.45) is 5.92 Å². The van der Waals surface area contributed by atoms with E-state index >= 15 is 0 Å². The van der Waals surface area contributed by atoms with Gasteiger partial charge in [0.1, 0.15) is 0 Å². The van der Waals surface area contributed by atoms with E-state index in [0.717, 1.165) is 0 Å². The molecule has 94 valence electrons. The number of halogens is 1. The Labute approximate surface area is 105 Å². The molecule has 4 nitrogen and oxygen atoms in total. The van der Waals surface area contributed by atoms with Crippen LogP contribution in [0.5, 0.6) is 0 Å². The van der Waals surface area contributed by atoms with Crippen molar-refractivity contribution in [1.82, 2.24) is 5.32 Å². The molecule has 0 unspecified atom stereocenters. The largest absolute Gasteiger partial charge is 0.352 e. The molecule has 6 heteroatoms. The molecule has 17 heavy (non-hydrogen) atoms. The number of nitrogens with one attached hydrogen (secondary N) is 1. The molecule has 0 saturated heterocycles. The third kappa shape index (κ3) is 4.36. The highest BCUT2D eigenvalue weighted by atomic mass is 35.7. The highest BCUT2D eigenvalue weighted by molar-refractivity contribution is 8.13. The zero-order valence-corrected chi connectivity index (χ0v) is 11.2. The molecule has 0 saturated carbocycles. The fourth-order valence-electron chi connectivity index (χ4n) is 1.17. The Morgan fingerprint density at radius 3 is 2.24 bits per heavy atom. The van der Waals surface area contributed by atoms with Crippen molar-refractivity contribution < 1.29 is 13.2 Å². The van der Waals surface area contributed by atoms with E-state index in [1.807, 2.05) is 13.8 Å². The minimum absolute atomic E-state index is 0.0143. The van der Waals surface area contributed by atoms with Crippen LogP contribution in [0, 0.1) is 5.92 Å². The Morgan fingerprint density at radius 1 is 1.29 bits per heavy atom. The summed E-state index contributed by atoms with van der Waals surface area (Å²) in [6.45, 7) is 4.56. The summed E-state index contributed by atoms with van der Waals surface area (Å²) in [5, 5.41) is 2.74. The van der Waals surface area contributed by atoms with Crippen molar-refractivity contribution in [2.75, 3.05) is 6.54 Å². The van der Waals surface area contributed by atoms with Gasteiger partial charge < -0.3 is 5.32 Å². The van der Waals surface area contributed by atoms with Crippen LogP contribution in [-0.4, -0.2) is 20.9 Å². The number of benzene rings is 1. The van der Waals surface area contributed by atoms with E-state index in [1.165, 1.54) is 24.3 Å². The lowest BCUT2D eigenvalue weighted by atomic mass is 10.2. The van der Waals surface area contributed by atoms with Crippen LogP contribution >= 0.6 is 10.7 Å². The summed E-state index contributed by atoms with van der Waals surface area (Å²) in [7, 11) is 1.43. The van der Waals surface area contributed by atoms with Crippen LogP contribution in [0.25, 0.3) is 0 Å². The fourth-order valence-corrected chi connectivity index (χ4v) is 1.94. The Hall–Kier alpha value is -1.07. The lowest BCUT2D eigenvalue weighted by Crippen LogP contribution is -2.27. The Bertz CT molecular complexity index is 494. The molecule has 1 amide bonds. The summed E-state index contributed by atoms with van der Waals surface area (Å²) in [4.78, 5) is 11.6. The molecule has 1 rings (SSSR count). The van der Waals surface area contributed by atoms with Crippen molar-refractivity contribution in [3.63, 3.8) is 0 Å². The number of carbonyl (C=O) groups is 1. The van der Waals surface area contributed by atoms with Crippen LogP contribution in [0.1, 0.15) is 24.2 Å². The first kappa shape index (κ1) is 14.0. The number of rotatable bonds is 4. The van der Waals surface area contributed by atoms with E-state index in [0.29, 0.717) is 18.0 Å². The lowest BCUT2D eigenvalue weighted by Gasteiger charge is -2.07. The molecule has 1 N–H and O–H groups in total. The number of hydrogen-bond donors (Lipinski definition) is 1. The molecule has 0 aliphatic heterocycles. The quantitative estimate of drug-likeness (QED) is 0.855. The molecule has 0 aliphatic carbocycles. The maximum Gasteiger partial charge on any atom is 0.261 e. The fraction of sp³-hybridized carbons (Fsp3) is 0.364. The zero-order valence-electron chi connectivity index (χ0n) is 9.60. The van der Waals surface area contributed by atoms with Crippen LogP contribution in [0.15, 0.2) is 29.2 Å². The van der Waals surface area contributed by atoms with Crippen LogP contribution in [-0.2, 0) is 9.05 Å². The van der Waals surface area contributed by atoms with E-state index in [-0.39, 0.29) is 10.8 Å². The molecule has 0 radical (unpaired) electrons. The predicted molar refractivity (Wildman–Crippen MR) is 66.7 cm³/mol. The first-order valence-electron chi connectivity index (χ1n) is 5.13.